The maximum atomic E-state index is 12.7. The van der Waals surface area contributed by atoms with Gasteiger partial charge in [-0.15, -0.1) is 23.1 Å². The number of esters is 1. The summed E-state index contributed by atoms with van der Waals surface area (Å²) in [4.78, 5) is 39.8. The summed E-state index contributed by atoms with van der Waals surface area (Å²) < 4.78 is 5.00. The first-order chi connectivity index (χ1) is 16.4. The van der Waals surface area contributed by atoms with Crippen LogP contribution in [0.4, 0.5) is 10.7 Å². The third kappa shape index (κ3) is 6.02. The lowest BCUT2D eigenvalue weighted by atomic mass is 9.88. The number of thioether (sulfide) groups is 1. The van der Waals surface area contributed by atoms with Gasteiger partial charge in [0, 0.05) is 21.4 Å². The second-order valence-electron chi connectivity index (χ2n) is 9.24. The number of ether oxygens (including phenoxy) is 1. The summed E-state index contributed by atoms with van der Waals surface area (Å²) in [6.45, 7) is 2.21. The van der Waals surface area contributed by atoms with Gasteiger partial charge in [-0.25, -0.2) is 4.79 Å². The molecule has 1 fully saturated rings. The molecule has 2 amide bonds. The smallest absolute Gasteiger partial charge is 0.341 e. The van der Waals surface area contributed by atoms with E-state index in [-0.39, 0.29) is 23.5 Å². The number of carbonyl (C=O) groups is 3. The van der Waals surface area contributed by atoms with Crippen molar-refractivity contribution in [2.24, 2.45) is 11.8 Å². The van der Waals surface area contributed by atoms with Gasteiger partial charge in [-0.3, -0.25) is 9.59 Å². The normalized spacial score (nSPS) is 18.1. The van der Waals surface area contributed by atoms with Crippen molar-refractivity contribution in [1.82, 2.24) is 0 Å². The largest absolute Gasteiger partial charge is 0.465 e. The molecule has 6 nitrogen and oxygen atoms in total. The highest BCUT2D eigenvalue weighted by molar-refractivity contribution is 8.00. The van der Waals surface area contributed by atoms with Crippen molar-refractivity contribution in [1.29, 1.82) is 0 Å². The number of hydrogen-bond donors (Lipinski definition) is 2. The number of fused-ring (bicyclic) bond motifs is 1. The Labute approximate surface area is 209 Å². The van der Waals surface area contributed by atoms with Gasteiger partial charge in [0.25, 0.3) is 0 Å². The van der Waals surface area contributed by atoms with Crippen LogP contribution < -0.4 is 10.6 Å². The van der Waals surface area contributed by atoms with Crippen LogP contribution in [-0.4, -0.2) is 30.6 Å². The SMILES string of the molecule is COC(=O)c1c(NC(=O)CSc2cccc(NC(=O)C3CCCCC3)c2)sc2c1CCC(C)C2. The molecule has 0 aliphatic heterocycles. The predicted molar refractivity (Wildman–Crippen MR) is 138 cm³/mol. The Bertz CT molecular complexity index is 1060. The fourth-order valence-electron chi connectivity index (χ4n) is 4.74. The van der Waals surface area contributed by atoms with Crippen LogP contribution in [0.3, 0.4) is 0 Å². The highest BCUT2D eigenvalue weighted by Gasteiger charge is 2.29. The van der Waals surface area contributed by atoms with E-state index in [0.29, 0.717) is 16.5 Å². The highest BCUT2D eigenvalue weighted by atomic mass is 32.2. The molecule has 0 spiro atoms. The molecule has 1 heterocycles. The van der Waals surface area contributed by atoms with Crippen LogP contribution in [0.5, 0.6) is 0 Å². The number of benzene rings is 1. The monoisotopic (exact) mass is 500 g/mol. The minimum absolute atomic E-state index is 0.0888. The minimum atomic E-state index is -0.392. The zero-order valence-corrected chi connectivity index (χ0v) is 21.4. The van der Waals surface area contributed by atoms with E-state index >= 15 is 0 Å². The molecule has 4 rings (SSSR count). The molecule has 182 valence electrons. The van der Waals surface area contributed by atoms with E-state index in [9.17, 15) is 14.4 Å². The molecular formula is C26H32N2O4S2. The number of anilines is 2. The average Bonchev–Trinajstić information content (AvgIpc) is 3.19. The molecule has 1 aromatic carbocycles. The summed E-state index contributed by atoms with van der Waals surface area (Å²) >= 11 is 2.90. The Kier molecular flexibility index (Phi) is 8.32. The number of amides is 2. The van der Waals surface area contributed by atoms with Crippen molar-refractivity contribution >= 4 is 51.6 Å². The minimum Gasteiger partial charge on any atom is -0.465 e. The van der Waals surface area contributed by atoms with E-state index in [0.717, 1.165) is 61.1 Å². The molecule has 2 N–H and O–H groups in total. The third-order valence-corrected chi connectivity index (χ3v) is 8.77. The van der Waals surface area contributed by atoms with Gasteiger partial charge in [0.05, 0.1) is 18.4 Å². The summed E-state index contributed by atoms with van der Waals surface area (Å²) in [6.07, 6.45) is 8.16. The molecule has 2 aromatic rings. The van der Waals surface area contributed by atoms with E-state index < -0.39 is 5.97 Å². The van der Waals surface area contributed by atoms with Crippen LogP contribution >= 0.6 is 23.1 Å². The Balaban J connectivity index is 1.37. The lowest BCUT2D eigenvalue weighted by molar-refractivity contribution is -0.120. The molecular weight excluding hydrogens is 468 g/mol. The Morgan fingerprint density at radius 1 is 1.12 bits per heavy atom. The second kappa shape index (κ2) is 11.4. The number of carbonyl (C=O) groups excluding carboxylic acids is 3. The fourth-order valence-corrected chi connectivity index (χ4v) is 6.91. The number of rotatable bonds is 7. The second-order valence-corrected chi connectivity index (χ2v) is 11.4. The van der Waals surface area contributed by atoms with Crippen LogP contribution in [0.15, 0.2) is 29.2 Å². The van der Waals surface area contributed by atoms with E-state index in [1.165, 1.54) is 41.5 Å². The fraction of sp³-hybridized carbons (Fsp3) is 0.500. The lowest BCUT2D eigenvalue weighted by Gasteiger charge is -2.20. The van der Waals surface area contributed by atoms with Crippen molar-refractivity contribution in [2.45, 2.75) is 63.2 Å². The molecule has 1 atom stereocenters. The molecule has 0 bridgehead atoms. The summed E-state index contributed by atoms with van der Waals surface area (Å²) in [5.74, 6) is 0.404. The summed E-state index contributed by atoms with van der Waals surface area (Å²) in [5, 5.41) is 6.57. The van der Waals surface area contributed by atoms with Gasteiger partial charge in [-0.05, 0) is 61.8 Å². The van der Waals surface area contributed by atoms with Crippen molar-refractivity contribution in [2.75, 3.05) is 23.5 Å². The maximum absolute atomic E-state index is 12.7. The van der Waals surface area contributed by atoms with Crippen LogP contribution in [0.1, 0.15) is 66.2 Å². The van der Waals surface area contributed by atoms with Gasteiger partial charge in [-0.2, -0.15) is 0 Å². The summed E-state index contributed by atoms with van der Waals surface area (Å²) in [6, 6.07) is 7.61. The van der Waals surface area contributed by atoms with Gasteiger partial charge in [-0.1, -0.05) is 32.3 Å². The standard InChI is InChI=1S/C26H32N2O4S2/c1-16-11-12-20-21(13-16)34-25(23(20)26(31)32-2)28-22(29)15-33-19-10-6-9-18(14-19)27-24(30)17-7-4-3-5-8-17/h6,9-10,14,16-17H,3-5,7-8,11-13,15H2,1-2H3,(H,27,30)(H,28,29). The first-order valence-electron chi connectivity index (χ1n) is 12.0. The van der Waals surface area contributed by atoms with Crippen molar-refractivity contribution in [3.63, 3.8) is 0 Å². The average molecular weight is 501 g/mol. The Morgan fingerprint density at radius 2 is 1.91 bits per heavy atom. The zero-order chi connectivity index (χ0) is 24.1. The van der Waals surface area contributed by atoms with Crippen molar-refractivity contribution in [3.05, 3.63) is 40.3 Å². The summed E-state index contributed by atoms with van der Waals surface area (Å²) in [5.41, 5.74) is 2.30. The number of methoxy groups -OCH3 is 1. The van der Waals surface area contributed by atoms with Gasteiger partial charge < -0.3 is 15.4 Å². The van der Waals surface area contributed by atoms with E-state index in [4.69, 9.17) is 4.74 Å². The van der Waals surface area contributed by atoms with Crippen LogP contribution in [-0.2, 0) is 27.2 Å². The molecule has 2 aliphatic rings. The molecule has 1 saturated carbocycles. The van der Waals surface area contributed by atoms with Crippen LogP contribution in [0.2, 0.25) is 0 Å². The van der Waals surface area contributed by atoms with Gasteiger partial charge in [0.2, 0.25) is 11.8 Å². The van der Waals surface area contributed by atoms with Crippen LogP contribution in [0, 0.1) is 11.8 Å². The molecule has 0 radical (unpaired) electrons. The Morgan fingerprint density at radius 3 is 2.68 bits per heavy atom. The molecule has 0 saturated heterocycles. The van der Waals surface area contributed by atoms with E-state index in [2.05, 4.69) is 17.6 Å². The van der Waals surface area contributed by atoms with Gasteiger partial charge >= 0.3 is 5.97 Å². The van der Waals surface area contributed by atoms with Gasteiger partial charge in [0.15, 0.2) is 0 Å². The van der Waals surface area contributed by atoms with Crippen molar-refractivity contribution < 1.29 is 19.1 Å². The maximum Gasteiger partial charge on any atom is 0.341 e. The molecule has 2 aliphatic carbocycles. The van der Waals surface area contributed by atoms with Crippen LogP contribution in [0.25, 0.3) is 0 Å². The quantitative estimate of drug-likeness (QED) is 0.365. The molecule has 1 aromatic heterocycles. The molecule has 8 heteroatoms. The predicted octanol–water partition coefficient (Wildman–Crippen LogP) is 5.91. The first-order valence-corrected chi connectivity index (χ1v) is 13.8. The Hall–Kier alpha value is -2.32. The number of thiophene rings is 1. The number of hydrogen-bond acceptors (Lipinski definition) is 6. The zero-order valence-electron chi connectivity index (χ0n) is 19.8. The van der Waals surface area contributed by atoms with Crippen molar-refractivity contribution in [3.8, 4) is 0 Å². The van der Waals surface area contributed by atoms with E-state index in [1.54, 1.807) is 0 Å². The first kappa shape index (κ1) is 24.8. The topological polar surface area (TPSA) is 84.5 Å². The van der Waals surface area contributed by atoms with Gasteiger partial charge in [0.1, 0.15) is 5.00 Å². The third-order valence-electron chi connectivity index (χ3n) is 6.60. The number of nitrogens with one attached hydrogen (secondary N) is 2. The van der Waals surface area contributed by atoms with E-state index in [1.807, 2.05) is 24.3 Å². The lowest BCUT2D eigenvalue weighted by Crippen LogP contribution is -2.24. The highest BCUT2D eigenvalue weighted by Crippen LogP contribution is 2.40. The summed E-state index contributed by atoms with van der Waals surface area (Å²) in [7, 11) is 1.37. The molecule has 34 heavy (non-hydrogen) atoms. The molecule has 1 unspecified atom stereocenters.